The first kappa shape index (κ1) is 21.2. The van der Waals surface area contributed by atoms with Crippen LogP contribution in [0.4, 0.5) is 4.39 Å². The number of carbonyl (C=O) groups excluding carboxylic acids is 1. The zero-order valence-corrected chi connectivity index (χ0v) is 17.7. The van der Waals surface area contributed by atoms with Crippen molar-refractivity contribution in [3.63, 3.8) is 0 Å². The molecular formula is C24H23FN2O3S. The highest BCUT2D eigenvalue weighted by atomic mass is 32.2. The van der Waals surface area contributed by atoms with E-state index in [1.54, 1.807) is 17.0 Å². The number of benzene rings is 3. The van der Waals surface area contributed by atoms with Crippen LogP contribution in [0.25, 0.3) is 11.1 Å². The summed E-state index contributed by atoms with van der Waals surface area (Å²) < 4.78 is 41.2. The van der Waals surface area contributed by atoms with Gasteiger partial charge in [-0.3, -0.25) is 4.79 Å². The third kappa shape index (κ3) is 5.00. The molecule has 5 nitrogen and oxygen atoms in total. The second-order valence-corrected chi connectivity index (χ2v) is 9.33. The Hall–Kier alpha value is -3.03. The summed E-state index contributed by atoms with van der Waals surface area (Å²) in [6.07, 6.45) is 1.30. The lowest BCUT2D eigenvalue weighted by molar-refractivity contribution is 0.0703. The van der Waals surface area contributed by atoms with Crippen LogP contribution in [0, 0.1) is 5.82 Å². The zero-order valence-electron chi connectivity index (χ0n) is 16.9. The maximum atomic E-state index is 13.4. The minimum absolute atomic E-state index is 0.118. The summed E-state index contributed by atoms with van der Waals surface area (Å²) in [5.74, 6) is -0.739. The molecule has 1 aliphatic rings. The van der Waals surface area contributed by atoms with Crippen LogP contribution in [-0.2, 0) is 10.0 Å². The van der Waals surface area contributed by atoms with Gasteiger partial charge in [-0.25, -0.2) is 17.5 Å². The Bertz CT molecular complexity index is 1160. The van der Waals surface area contributed by atoms with Crippen molar-refractivity contribution in [3.05, 3.63) is 90.2 Å². The van der Waals surface area contributed by atoms with Gasteiger partial charge in [-0.15, -0.1) is 0 Å². The standard InChI is InChI=1S/C24H23FN2O3S/c25-21-8-4-10-23(16-21)31(29,30)26-22-9-5-15-27(17-22)24(28)20-13-11-19(12-14-20)18-6-2-1-3-7-18/h1-4,6-8,10-14,16,22,26H,5,9,15,17H2. The van der Waals surface area contributed by atoms with Gasteiger partial charge in [0.25, 0.3) is 5.91 Å². The van der Waals surface area contributed by atoms with E-state index in [-0.39, 0.29) is 17.3 Å². The molecule has 1 unspecified atom stereocenters. The first-order chi connectivity index (χ1) is 14.9. The smallest absolute Gasteiger partial charge is 0.253 e. The fourth-order valence-corrected chi connectivity index (χ4v) is 5.09. The Labute approximate surface area is 181 Å². The first-order valence-electron chi connectivity index (χ1n) is 10.1. The molecule has 1 atom stereocenters. The Morgan fingerprint density at radius 1 is 0.935 bits per heavy atom. The summed E-state index contributed by atoms with van der Waals surface area (Å²) in [5, 5.41) is 0. The molecule has 0 radical (unpaired) electrons. The van der Waals surface area contributed by atoms with E-state index in [0.29, 0.717) is 24.9 Å². The Balaban J connectivity index is 1.44. The number of nitrogens with zero attached hydrogens (tertiary/aromatic N) is 1. The normalized spacial score (nSPS) is 16.8. The van der Waals surface area contributed by atoms with Crippen molar-refractivity contribution in [3.8, 4) is 11.1 Å². The lowest BCUT2D eigenvalue weighted by Crippen LogP contribution is -2.49. The number of piperidine rings is 1. The van der Waals surface area contributed by atoms with Crippen LogP contribution in [0.15, 0.2) is 83.8 Å². The molecule has 0 saturated carbocycles. The van der Waals surface area contributed by atoms with Crippen molar-refractivity contribution in [1.29, 1.82) is 0 Å². The summed E-state index contributed by atoms with van der Waals surface area (Å²) in [5.41, 5.74) is 2.66. The Morgan fingerprint density at radius 3 is 2.35 bits per heavy atom. The van der Waals surface area contributed by atoms with Gasteiger partial charge in [0.15, 0.2) is 0 Å². The van der Waals surface area contributed by atoms with Gasteiger partial charge < -0.3 is 4.90 Å². The summed E-state index contributed by atoms with van der Waals surface area (Å²) in [6.45, 7) is 0.839. The lowest BCUT2D eigenvalue weighted by atomic mass is 10.0. The molecule has 0 aromatic heterocycles. The molecule has 7 heteroatoms. The number of halogens is 1. The molecule has 0 aliphatic carbocycles. The highest BCUT2D eigenvalue weighted by Gasteiger charge is 2.28. The number of hydrogen-bond donors (Lipinski definition) is 1. The van der Waals surface area contributed by atoms with Gasteiger partial charge in [0.05, 0.1) is 4.90 Å². The average Bonchev–Trinajstić information content (AvgIpc) is 2.79. The average molecular weight is 439 g/mol. The van der Waals surface area contributed by atoms with Crippen molar-refractivity contribution in [1.82, 2.24) is 9.62 Å². The number of nitrogens with one attached hydrogen (secondary N) is 1. The van der Waals surface area contributed by atoms with Crippen LogP contribution in [0.1, 0.15) is 23.2 Å². The zero-order chi connectivity index (χ0) is 21.8. The van der Waals surface area contributed by atoms with E-state index in [1.807, 2.05) is 42.5 Å². The van der Waals surface area contributed by atoms with E-state index >= 15 is 0 Å². The summed E-state index contributed by atoms with van der Waals surface area (Å²) in [6, 6.07) is 21.8. The molecule has 1 N–H and O–H groups in total. The van der Waals surface area contributed by atoms with Gasteiger partial charge in [0, 0.05) is 24.7 Å². The molecule has 3 aromatic carbocycles. The van der Waals surface area contributed by atoms with Gasteiger partial charge in [-0.1, -0.05) is 48.5 Å². The van der Waals surface area contributed by atoms with Gasteiger partial charge in [-0.2, -0.15) is 0 Å². The predicted octanol–water partition coefficient (Wildman–Crippen LogP) is 4.08. The summed E-state index contributed by atoms with van der Waals surface area (Å²) in [4.78, 5) is 14.5. The number of sulfonamides is 1. The van der Waals surface area contributed by atoms with Crippen LogP contribution in [-0.4, -0.2) is 38.4 Å². The van der Waals surface area contributed by atoms with E-state index in [9.17, 15) is 17.6 Å². The van der Waals surface area contributed by atoms with Crippen molar-refractivity contribution in [2.75, 3.05) is 13.1 Å². The van der Waals surface area contributed by atoms with Gasteiger partial charge >= 0.3 is 0 Å². The van der Waals surface area contributed by atoms with Crippen LogP contribution in [0.3, 0.4) is 0 Å². The van der Waals surface area contributed by atoms with Gasteiger partial charge in [0.1, 0.15) is 5.82 Å². The van der Waals surface area contributed by atoms with E-state index in [4.69, 9.17) is 0 Å². The largest absolute Gasteiger partial charge is 0.337 e. The second kappa shape index (κ2) is 8.99. The van der Waals surface area contributed by atoms with Crippen LogP contribution >= 0.6 is 0 Å². The van der Waals surface area contributed by atoms with Gasteiger partial charge in [0.2, 0.25) is 10.0 Å². The van der Waals surface area contributed by atoms with Crippen LogP contribution in [0.2, 0.25) is 0 Å². The predicted molar refractivity (Wildman–Crippen MR) is 118 cm³/mol. The maximum Gasteiger partial charge on any atom is 0.253 e. The van der Waals surface area contributed by atoms with E-state index < -0.39 is 21.9 Å². The SMILES string of the molecule is O=C(c1ccc(-c2ccccc2)cc1)N1CCCC(NS(=O)(=O)c2cccc(F)c2)C1. The maximum absolute atomic E-state index is 13.4. The van der Waals surface area contributed by atoms with Crippen LogP contribution in [0.5, 0.6) is 0 Å². The minimum atomic E-state index is -3.86. The highest BCUT2D eigenvalue weighted by Crippen LogP contribution is 2.21. The number of hydrogen-bond acceptors (Lipinski definition) is 3. The van der Waals surface area contributed by atoms with Crippen molar-refractivity contribution >= 4 is 15.9 Å². The Kier molecular flexibility index (Phi) is 6.15. The fraction of sp³-hybridized carbons (Fsp3) is 0.208. The molecule has 160 valence electrons. The molecule has 0 bridgehead atoms. The fourth-order valence-electron chi connectivity index (χ4n) is 3.80. The molecule has 1 fully saturated rings. The van der Waals surface area contributed by atoms with Crippen molar-refractivity contribution in [2.45, 2.75) is 23.8 Å². The van der Waals surface area contributed by atoms with E-state index in [0.717, 1.165) is 17.2 Å². The molecule has 1 amide bonds. The molecule has 31 heavy (non-hydrogen) atoms. The molecule has 4 rings (SSSR count). The second-order valence-electron chi connectivity index (χ2n) is 7.61. The number of rotatable bonds is 5. The summed E-state index contributed by atoms with van der Waals surface area (Å²) in [7, 11) is -3.86. The third-order valence-electron chi connectivity index (χ3n) is 5.38. The topological polar surface area (TPSA) is 66.5 Å². The van der Waals surface area contributed by atoms with Gasteiger partial charge in [-0.05, 0) is 54.3 Å². The third-order valence-corrected chi connectivity index (χ3v) is 6.89. The molecule has 0 spiro atoms. The van der Waals surface area contributed by atoms with E-state index in [1.165, 1.54) is 18.2 Å². The number of likely N-dealkylation sites (tertiary alicyclic amines) is 1. The molecule has 1 heterocycles. The van der Waals surface area contributed by atoms with Crippen molar-refractivity contribution in [2.24, 2.45) is 0 Å². The molecule has 1 saturated heterocycles. The number of amides is 1. The first-order valence-corrected chi connectivity index (χ1v) is 11.6. The quantitative estimate of drug-likeness (QED) is 0.653. The monoisotopic (exact) mass is 438 g/mol. The van der Waals surface area contributed by atoms with E-state index in [2.05, 4.69) is 4.72 Å². The molecule has 3 aromatic rings. The lowest BCUT2D eigenvalue weighted by Gasteiger charge is -2.33. The van der Waals surface area contributed by atoms with Crippen molar-refractivity contribution < 1.29 is 17.6 Å². The summed E-state index contributed by atoms with van der Waals surface area (Å²) >= 11 is 0. The minimum Gasteiger partial charge on any atom is -0.337 e. The molecule has 1 aliphatic heterocycles. The van der Waals surface area contributed by atoms with Crippen LogP contribution < -0.4 is 4.72 Å². The molecular weight excluding hydrogens is 415 g/mol. The number of carbonyl (C=O) groups is 1. The Morgan fingerprint density at radius 2 is 1.65 bits per heavy atom. The highest BCUT2D eigenvalue weighted by molar-refractivity contribution is 7.89.